The summed E-state index contributed by atoms with van der Waals surface area (Å²) in [7, 11) is 6.86. The van der Waals surface area contributed by atoms with Crippen LogP contribution in [0.1, 0.15) is 39.9 Å². The van der Waals surface area contributed by atoms with E-state index in [4.69, 9.17) is 14.2 Å². The average molecular weight is 503 g/mol. The first-order chi connectivity index (χ1) is 18.0. The Bertz CT molecular complexity index is 1110. The van der Waals surface area contributed by atoms with Crippen molar-refractivity contribution >= 4 is 5.91 Å². The van der Waals surface area contributed by atoms with Gasteiger partial charge in [0, 0.05) is 44.8 Å². The van der Waals surface area contributed by atoms with Crippen LogP contribution in [0.3, 0.4) is 0 Å². The number of amides is 1. The van der Waals surface area contributed by atoms with E-state index in [0.717, 1.165) is 49.5 Å². The highest BCUT2D eigenvalue weighted by atomic mass is 16.5. The number of methoxy groups -OCH3 is 3. The summed E-state index contributed by atoms with van der Waals surface area (Å²) in [5, 5.41) is 0. The summed E-state index contributed by atoms with van der Waals surface area (Å²) >= 11 is 0. The van der Waals surface area contributed by atoms with Crippen LogP contribution in [0.25, 0.3) is 0 Å². The van der Waals surface area contributed by atoms with Gasteiger partial charge in [-0.1, -0.05) is 36.4 Å². The number of likely N-dealkylation sites (tertiary alicyclic amines) is 1. The molecule has 0 aliphatic carbocycles. The Kier molecular flexibility index (Phi) is 8.85. The van der Waals surface area contributed by atoms with Crippen molar-refractivity contribution in [2.45, 2.75) is 24.8 Å². The van der Waals surface area contributed by atoms with Gasteiger partial charge in [0.25, 0.3) is 5.91 Å². The number of carbonyl (C=O) groups excluding carboxylic acids is 1. The molecule has 0 spiro atoms. The minimum absolute atomic E-state index is 0.0170. The number of hydrogen-bond donors (Lipinski definition) is 0. The van der Waals surface area contributed by atoms with Crippen LogP contribution in [0.4, 0.5) is 0 Å². The summed E-state index contributed by atoms with van der Waals surface area (Å²) in [5.74, 6) is 1.74. The normalized spacial score (nSPS) is 15.2. The molecule has 6 nitrogen and oxygen atoms in total. The zero-order chi connectivity index (χ0) is 26.3. The SMILES string of the molecule is COCCN(C)C(=O)c1cccc(CN2CCCC(c3ccc(OC)cc3)(c3ccc(OC)cc3)C2)c1. The molecule has 3 aromatic carbocycles. The summed E-state index contributed by atoms with van der Waals surface area (Å²) in [6.45, 7) is 3.78. The van der Waals surface area contributed by atoms with Gasteiger partial charge < -0.3 is 19.1 Å². The molecule has 0 unspecified atom stereocenters. The highest BCUT2D eigenvalue weighted by molar-refractivity contribution is 5.94. The minimum Gasteiger partial charge on any atom is -0.497 e. The molecule has 0 bridgehead atoms. The molecule has 196 valence electrons. The van der Waals surface area contributed by atoms with Crippen LogP contribution in [-0.2, 0) is 16.7 Å². The molecular weight excluding hydrogens is 464 g/mol. The zero-order valence-corrected chi connectivity index (χ0v) is 22.4. The third kappa shape index (κ3) is 6.14. The van der Waals surface area contributed by atoms with E-state index in [2.05, 4.69) is 59.5 Å². The van der Waals surface area contributed by atoms with Crippen LogP contribution in [0.15, 0.2) is 72.8 Å². The van der Waals surface area contributed by atoms with Crippen molar-refractivity contribution in [2.24, 2.45) is 0 Å². The summed E-state index contributed by atoms with van der Waals surface area (Å²) in [6, 6.07) is 25.0. The minimum atomic E-state index is -0.148. The van der Waals surface area contributed by atoms with Crippen molar-refractivity contribution in [1.82, 2.24) is 9.80 Å². The average Bonchev–Trinajstić information content (AvgIpc) is 2.95. The molecule has 0 saturated carbocycles. The molecule has 6 heteroatoms. The standard InChI is InChI=1S/C31H38N2O4/c1-32(19-20-35-2)30(34)25-8-5-7-24(21-25)22-33-18-6-17-31(23-33,26-9-13-28(36-3)14-10-26)27-11-15-29(37-4)16-12-27/h5,7-16,21H,6,17-20,22-23H2,1-4H3. The van der Waals surface area contributed by atoms with Crippen molar-refractivity contribution in [3.63, 3.8) is 0 Å². The fourth-order valence-electron chi connectivity index (χ4n) is 5.35. The predicted octanol–water partition coefficient (Wildman–Crippen LogP) is 5.00. The van der Waals surface area contributed by atoms with Gasteiger partial charge in [-0.25, -0.2) is 0 Å². The summed E-state index contributed by atoms with van der Waals surface area (Å²) in [5.41, 5.74) is 4.28. The Morgan fingerprint density at radius 1 is 0.919 bits per heavy atom. The number of likely N-dealkylation sites (N-methyl/N-ethyl adjacent to an activating group) is 1. The van der Waals surface area contributed by atoms with Crippen LogP contribution >= 0.6 is 0 Å². The summed E-state index contributed by atoms with van der Waals surface area (Å²) in [6.07, 6.45) is 2.14. The van der Waals surface area contributed by atoms with Crippen LogP contribution in [0.2, 0.25) is 0 Å². The molecule has 4 rings (SSSR count). The molecule has 0 atom stereocenters. The van der Waals surface area contributed by atoms with Crippen molar-refractivity contribution in [3.05, 3.63) is 95.1 Å². The number of rotatable bonds is 10. The second kappa shape index (κ2) is 12.3. The molecule has 1 fully saturated rings. The summed E-state index contributed by atoms with van der Waals surface area (Å²) < 4.78 is 16.0. The van der Waals surface area contributed by atoms with E-state index >= 15 is 0 Å². The molecule has 1 heterocycles. The quantitative estimate of drug-likeness (QED) is 0.390. The highest BCUT2D eigenvalue weighted by Gasteiger charge is 2.38. The molecule has 0 radical (unpaired) electrons. The number of piperidine rings is 1. The number of hydrogen-bond acceptors (Lipinski definition) is 5. The van der Waals surface area contributed by atoms with Gasteiger partial charge >= 0.3 is 0 Å². The Morgan fingerprint density at radius 2 is 1.54 bits per heavy atom. The Hall–Kier alpha value is -3.35. The first-order valence-corrected chi connectivity index (χ1v) is 12.8. The highest BCUT2D eigenvalue weighted by Crippen LogP contribution is 2.41. The Morgan fingerprint density at radius 3 is 2.11 bits per heavy atom. The third-order valence-corrected chi connectivity index (χ3v) is 7.41. The number of nitrogens with zero attached hydrogens (tertiary/aromatic N) is 2. The molecule has 1 saturated heterocycles. The monoisotopic (exact) mass is 502 g/mol. The van der Waals surface area contributed by atoms with E-state index < -0.39 is 0 Å². The topological polar surface area (TPSA) is 51.2 Å². The van der Waals surface area contributed by atoms with Crippen LogP contribution in [0, 0.1) is 0 Å². The lowest BCUT2D eigenvalue weighted by Gasteiger charge is -2.44. The largest absolute Gasteiger partial charge is 0.497 e. The molecule has 0 aromatic heterocycles. The fourth-order valence-corrected chi connectivity index (χ4v) is 5.35. The molecule has 1 amide bonds. The smallest absolute Gasteiger partial charge is 0.253 e. The third-order valence-electron chi connectivity index (χ3n) is 7.41. The molecule has 37 heavy (non-hydrogen) atoms. The molecule has 3 aromatic rings. The molecule has 1 aliphatic rings. The second-order valence-electron chi connectivity index (χ2n) is 9.77. The summed E-state index contributed by atoms with van der Waals surface area (Å²) in [4.78, 5) is 17.1. The first-order valence-electron chi connectivity index (χ1n) is 12.8. The van der Waals surface area contributed by atoms with Gasteiger partial charge in [-0.15, -0.1) is 0 Å². The second-order valence-corrected chi connectivity index (χ2v) is 9.77. The van der Waals surface area contributed by atoms with Gasteiger partial charge in [-0.2, -0.15) is 0 Å². The maximum Gasteiger partial charge on any atom is 0.253 e. The Labute approximate surface area is 220 Å². The molecule has 1 aliphatic heterocycles. The van der Waals surface area contributed by atoms with E-state index in [1.807, 2.05) is 25.2 Å². The van der Waals surface area contributed by atoms with Gasteiger partial charge in [0.05, 0.1) is 20.8 Å². The van der Waals surface area contributed by atoms with Gasteiger partial charge in [0.1, 0.15) is 11.5 Å². The Balaban J connectivity index is 1.60. The van der Waals surface area contributed by atoms with Crippen molar-refractivity contribution in [1.29, 1.82) is 0 Å². The van der Waals surface area contributed by atoms with Gasteiger partial charge in [0.2, 0.25) is 0 Å². The van der Waals surface area contributed by atoms with Crippen molar-refractivity contribution in [2.75, 3.05) is 54.6 Å². The number of benzene rings is 3. The maximum absolute atomic E-state index is 12.9. The molecule has 0 N–H and O–H groups in total. The molecular formula is C31H38N2O4. The lowest BCUT2D eigenvalue weighted by atomic mass is 9.69. The predicted molar refractivity (Wildman–Crippen MR) is 147 cm³/mol. The number of carbonyl (C=O) groups is 1. The van der Waals surface area contributed by atoms with Gasteiger partial charge in [-0.05, 0) is 72.5 Å². The van der Waals surface area contributed by atoms with E-state index in [0.29, 0.717) is 18.7 Å². The zero-order valence-electron chi connectivity index (χ0n) is 22.4. The van der Waals surface area contributed by atoms with Crippen molar-refractivity contribution in [3.8, 4) is 11.5 Å². The van der Waals surface area contributed by atoms with Crippen molar-refractivity contribution < 1.29 is 19.0 Å². The van der Waals surface area contributed by atoms with Gasteiger partial charge in [-0.3, -0.25) is 9.69 Å². The van der Waals surface area contributed by atoms with E-state index in [-0.39, 0.29) is 11.3 Å². The van der Waals surface area contributed by atoms with E-state index in [1.54, 1.807) is 26.2 Å². The van der Waals surface area contributed by atoms with Crippen LogP contribution in [0.5, 0.6) is 11.5 Å². The lowest BCUT2D eigenvalue weighted by molar-refractivity contribution is 0.0744. The number of ether oxygens (including phenoxy) is 3. The maximum atomic E-state index is 12.9. The van der Waals surface area contributed by atoms with Gasteiger partial charge in [0.15, 0.2) is 0 Å². The first kappa shape index (κ1) is 26.7. The van der Waals surface area contributed by atoms with E-state index in [1.165, 1.54) is 11.1 Å². The van der Waals surface area contributed by atoms with Crippen LogP contribution < -0.4 is 9.47 Å². The lowest BCUT2D eigenvalue weighted by Crippen LogP contribution is -2.46. The van der Waals surface area contributed by atoms with Crippen LogP contribution in [-0.4, -0.2) is 70.3 Å². The fraction of sp³-hybridized carbons (Fsp3) is 0.387. The van der Waals surface area contributed by atoms with E-state index in [9.17, 15) is 4.79 Å².